The average Bonchev–Trinajstić information content (AvgIpc) is 2.55. The maximum atomic E-state index is 12.1. The summed E-state index contributed by atoms with van der Waals surface area (Å²) in [6.07, 6.45) is 5.48. The topological polar surface area (TPSA) is 67.8 Å². The van der Waals surface area contributed by atoms with Crippen LogP contribution < -0.4 is 5.32 Å². The fraction of sp³-hybridized carbons (Fsp3) is 0.125. The van der Waals surface area contributed by atoms with Crippen molar-refractivity contribution in [2.24, 2.45) is 0 Å². The lowest BCUT2D eigenvalue weighted by Crippen LogP contribution is -2.25. The second-order valence-electron chi connectivity index (χ2n) is 4.61. The molecule has 5 nitrogen and oxygen atoms in total. The van der Waals surface area contributed by atoms with Crippen molar-refractivity contribution >= 4 is 17.1 Å². The number of nitrogens with one attached hydrogen (secondary N) is 1. The minimum Gasteiger partial charge on any atom is -0.352 e. The summed E-state index contributed by atoms with van der Waals surface area (Å²) >= 11 is 0. The normalized spacial score (nSPS) is 10.5. The summed E-state index contributed by atoms with van der Waals surface area (Å²) < 4.78 is 0. The van der Waals surface area contributed by atoms with E-state index in [-0.39, 0.29) is 5.91 Å². The Morgan fingerprint density at radius 2 is 1.86 bits per heavy atom. The van der Waals surface area contributed by atoms with Gasteiger partial charge in [0.25, 0.3) is 5.91 Å². The summed E-state index contributed by atoms with van der Waals surface area (Å²) in [6.45, 7) is 0.585. The van der Waals surface area contributed by atoms with E-state index < -0.39 is 0 Å². The van der Waals surface area contributed by atoms with E-state index >= 15 is 0 Å². The van der Waals surface area contributed by atoms with Crippen LogP contribution in [-0.4, -0.2) is 27.4 Å². The van der Waals surface area contributed by atoms with Crippen LogP contribution in [0.3, 0.4) is 0 Å². The van der Waals surface area contributed by atoms with E-state index in [2.05, 4.69) is 20.3 Å². The van der Waals surface area contributed by atoms with Gasteiger partial charge in [0.1, 0.15) is 5.52 Å². The number of hydrogen-bond acceptors (Lipinski definition) is 4. The molecule has 3 rings (SSSR count). The number of fused-ring (bicyclic) bond motifs is 1. The van der Waals surface area contributed by atoms with Crippen LogP contribution in [0.15, 0.2) is 55.0 Å². The molecule has 0 saturated heterocycles. The van der Waals surface area contributed by atoms with E-state index in [1.54, 1.807) is 18.5 Å². The van der Waals surface area contributed by atoms with Gasteiger partial charge in [-0.1, -0.05) is 30.3 Å². The second-order valence-corrected chi connectivity index (χ2v) is 4.61. The zero-order chi connectivity index (χ0) is 14.5. The third-order valence-corrected chi connectivity index (χ3v) is 3.13. The first-order valence-electron chi connectivity index (χ1n) is 6.72. The van der Waals surface area contributed by atoms with E-state index in [9.17, 15) is 4.79 Å². The Balaban J connectivity index is 1.64. The number of aromatic nitrogens is 3. The molecule has 0 spiro atoms. The SMILES string of the molecule is O=C(NCCc1ccccc1)c1cnc2nccnc2c1. The minimum atomic E-state index is -0.147. The van der Waals surface area contributed by atoms with Crippen LogP contribution in [0.2, 0.25) is 0 Å². The van der Waals surface area contributed by atoms with Crippen LogP contribution in [-0.2, 0) is 6.42 Å². The molecule has 0 radical (unpaired) electrons. The van der Waals surface area contributed by atoms with Crippen molar-refractivity contribution in [3.63, 3.8) is 0 Å². The number of carbonyl (C=O) groups is 1. The Hall–Kier alpha value is -2.82. The first-order valence-corrected chi connectivity index (χ1v) is 6.72. The average molecular weight is 278 g/mol. The van der Waals surface area contributed by atoms with E-state index in [0.29, 0.717) is 23.3 Å². The van der Waals surface area contributed by atoms with Gasteiger partial charge in [-0.2, -0.15) is 0 Å². The number of benzene rings is 1. The van der Waals surface area contributed by atoms with Crippen LogP contribution >= 0.6 is 0 Å². The zero-order valence-corrected chi connectivity index (χ0v) is 11.4. The molecule has 1 amide bonds. The predicted octanol–water partition coefficient (Wildman–Crippen LogP) is 2.00. The molecular formula is C16H14N4O. The van der Waals surface area contributed by atoms with Crippen LogP contribution in [0.4, 0.5) is 0 Å². The van der Waals surface area contributed by atoms with Crippen LogP contribution in [0, 0.1) is 0 Å². The number of nitrogens with zero attached hydrogens (tertiary/aromatic N) is 3. The lowest BCUT2D eigenvalue weighted by Gasteiger charge is -2.05. The zero-order valence-electron chi connectivity index (χ0n) is 11.4. The van der Waals surface area contributed by atoms with Crippen molar-refractivity contribution in [3.05, 3.63) is 66.1 Å². The maximum absolute atomic E-state index is 12.1. The molecule has 0 saturated carbocycles. The molecule has 0 fully saturated rings. The molecule has 5 heteroatoms. The van der Waals surface area contributed by atoms with Gasteiger partial charge in [0.2, 0.25) is 0 Å². The molecule has 1 N–H and O–H groups in total. The van der Waals surface area contributed by atoms with Crippen molar-refractivity contribution < 1.29 is 4.79 Å². The van der Waals surface area contributed by atoms with E-state index in [0.717, 1.165) is 6.42 Å². The third kappa shape index (κ3) is 3.20. The molecule has 0 aliphatic carbocycles. The number of amides is 1. The molecule has 0 atom stereocenters. The van der Waals surface area contributed by atoms with Gasteiger partial charge in [-0.25, -0.2) is 9.97 Å². The van der Waals surface area contributed by atoms with Gasteiger partial charge in [0.15, 0.2) is 5.65 Å². The maximum Gasteiger partial charge on any atom is 0.252 e. The molecule has 21 heavy (non-hydrogen) atoms. The van der Waals surface area contributed by atoms with Crippen molar-refractivity contribution in [1.29, 1.82) is 0 Å². The quantitative estimate of drug-likeness (QED) is 0.792. The highest BCUT2D eigenvalue weighted by Gasteiger charge is 2.07. The van der Waals surface area contributed by atoms with Gasteiger partial charge in [0, 0.05) is 25.1 Å². The van der Waals surface area contributed by atoms with Gasteiger partial charge in [-0.05, 0) is 18.1 Å². The van der Waals surface area contributed by atoms with Crippen molar-refractivity contribution in [1.82, 2.24) is 20.3 Å². The largest absolute Gasteiger partial charge is 0.352 e. The molecule has 0 bridgehead atoms. The highest BCUT2D eigenvalue weighted by Crippen LogP contribution is 2.07. The van der Waals surface area contributed by atoms with Gasteiger partial charge in [0.05, 0.1) is 5.56 Å². The Bertz CT molecular complexity index is 758. The first kappa shape index (κ1) is 13.2. The highest BCUT2D eigenvalue weighted by molar-refractivity contribution is 5.96. The lowest BCUT2D eigenvalue weighted by molar-refractivity contribution is 0.0954. The summed E-state index contributed by atoms with van der Waals surface area (Å²) in [5.41, 5.74) is 2.85. The van der Waals surface area contributed by atoms with Crippen LogP contribution in [0.1, 0.15) is 15.9 Å². The van der Waals surface area contributed by atoms with E-state index in [4.69, 9.17) is 0 Å². The molecule has 3 aromatic rings. The van der Waals surface area contributed by atoms with Gasteiger partial charge < -0.3 is 5.32 Å². The molecule has 0 aliphatic heterocycles. The fourth-order valence-corrected chi connectivity index (χ4v) is 2.05. The summed E-state index contributed by atoms with van der Waals surface area (Å²) in [4.78, 5) is 24.4. The first-order chi connectivity index (χ1) is 10.3. The monoisotopic (exact) mass is 278 g/mol. The number of pyridine rings is 1. The molecule has 104 valence electrons. The number of rotatable bonds is 4. The summed E-state index contributed by atoms with van der Waals surface area (Å²) in [6, 6.07) is 11.7. The minimum absolute atomic E-state index is 0.147. The standard InChI is InChI=1S/C16H14N4O/c21-16(19-7-6-12-4-2-1-3-5-12)13-10-14-15(20-11-13)18-9-8-17-14/h1-5,8-11H,6-7H2,(H,19,21). The smallest absolute Gasteiger partial charge is 0.252 e. The molecule has 0 aliphatic rings. The van der Waals surface area contributed by atoms with Crippen LogP contribution in [0.5, 0.6) is 0 Å². The molecule has 1 aromatic carbocycles. The van der Waals surface area contributed by atoms with E-state index in [1.165, 1.54) is 11.8 Å². The third-order valence-electron chi connectivity index (χ3n) is 3.13. The number of carbonyl (C=O) groups excluding carboxylic acids is 1. The van der Waals surface area contributed by atoms with E-state index in [1.807, 2.05) is 30.3 Å². The summed E-state index contributed by atoms with van der Waals surface area (Å²) in [7, 11) is 0. The summed E-state index contributed by atoms with van der Waals surface area (Å²) in [5.74, 6) is -0.147. The van der Waals surface area contributed by atoms with Gasteiger partial charge >= 0.3 is 0 Å². The van der Waals surface area contributed by atoms with Gasteiger partial charge in [-0.3, -0.25) is 9.78 Å². The molecule has 0 unspecified atom stereocenters. The second kappa shape index (κ2) is 6.09. The Labute approximate surface area is 122 Å². The van der Waals surface area contributed by atoms with Crippen LogP contribution in [0.25, 0.3) is 11.2 Å². The predicted molar refractivity (Wildman–Crippen MR) is 79.8 cm³/mol. The lowest BCUT2D eigenvalue weighted by atomic mass is 10.1. The molecule has 2 heterocycles. The van der Waals surface area contributed by atoms with Crippen molar-refractivity contribution in [3.8, 4) is 0 Å². The summed E-state index contributed by atoms with van der Waals surface area (Å²) in [5, 5.41) is 2.89. The number of hydrogen-bond donors (Lipinski definition) is 1. The fourth-order valence-electron chi connectivity index (χ4n) is 2.05. The Morgan fingerprint density at radius 1 is 1.05 bits per heavy atom. The highest BCUT2D eigenvalue weighted by atomic mass is 16.1. The van der Waals surface area contributed by atoms with Crippen molar-refractivity contribution in [2.75, 3.05) is 6.54 Å². The Kier molecular flexibility index (Phi) is 3.82. The Morgan fingerprint density at radius 3 is 2.71 bits per heavy atom. The van der Waals surface area contributed by atoms with Crippen molar-refractivity contribution in [2.45, 2.75) is 6.42 Å². The molecular weight excluding hydrogens is 264 g/mol. The molecule has 2 aromatic heterocycles. The van der Waals surface area contributed by atoms with Gasteiger partial charge in [-0.15, -0.1) is 0 Å².